The summed E-state index contributed by atoms with van der Waals surface area (Å²) >= 11 is 9.16. The number of aromatic nitrogens is 2. The summed E-state index contributed by atoms with van der Waals surface area (Å²) in [5, 5.41) is 7.64. The molecule has 0 bridgehead atoms. The van der Waals surface area contributed by atoms with Crippen LogP contribution in [0.3, 0.4) is 0 Å². The largest absolute Gasteiger partial charge is 0.277 e. The van der Waals surface area contributed by atoms with E-state index in [-0.39, 0.29) is 16.8 Å². The summed E-state index contributed by atoms with van der Waals surface area (Å²) in [6.45, 7) is 3.84. The Morgan fingerprint density at radius 1 is 1.53 bits per heavy atom. The molecule has 0 fully saturated rings. The van der Waals surface area contributed by atoms with E-state index in [1.54, 1.807) is 6.20 Å². The van der Waals surface area contributed by atoms with Gasteiger partial charge in [-0.05, 0) is 21.8 Å². The van der Waals surface area contributed by atoms with E-state index in [2.05, 4.69) is 26.1 Å². The van der Waals surface area contributed by atoms with E-state index >= 15 is 0 Å². The van der Waals surface area contributed by atoms with Crippen molar-refractivity contribution in [3.8, 4) is 0 Å². The second kappa shape index (κ2) is 3.76. The van der Waals surface area contributed by atoms with Crippen LogP contribution >= 0.6 is 27.5 Å². The van der Waals surface area contributed by atoms with Crippen molar-refractivity contribution in [3.05, 3.63) is 27.1 Å². The zero-order chi connectivity index (χ0) is 11.2. The van der Waals surface area contributed by atoms with Crippen LogP contribution in [0.5, 0.6) is 0 Å². The lowest BCUT2D eigenvalue weighted by Crippen LogP contribution is -1.97. The number of nitrogens with one attached hydrogen (secondary N) is 1. The molecule has 2 rings (SSSR count). The normalized spacial score (nSPS) is 11.6. The first-order valence-corrected chi connectivity index (χ1v) is 5.70. The molecule has 1 aromatic carbocycles. The summed E-state index contributed by atoms with van der Waals surface area (Å²) in [6.07, 6.45) is 1.64. The summed E-state index contributed by atoms with van der Waals surface area (Å²) < 4.78 is 14.5. The molecule has 0 unspecified atom stereocenters. The van der Waals surface area contributed by atoms with Crippen LogP contribution in [0.25, 0.3) is 10.9 Å². The Hall–Kier alpha value is -0.610. The summed E-state index contributed by atoms with van der Waals surface area (Å²) in [6, 6.07) is 0. The molecular formula is C10H9BrClFN2. The zero-order valence-electron chi connectivity index (χ0n) is 8.24. The minimum atomic E-state index is -0.379. The van der Waals surface area contributed by atoms with Gasteiger partial charge in [0.1, 0.15) is 5.82 Å². The van der Waals surface area contributed by atoms with Crippen LogP contribution in [0.1, 0.15) is 25.3 Å². The summed E-state index contributed by atoms with van der Waals surface area (Å²) in [4.78, 5) is 0. The van der Waals surface area contributed by atoms with Crippen molar-refractivity contribution in [2.75, 3.05) is 0 Å². The first-order valence-electron chi connectivity index (χ1n) is 4.53. The van der Waals surface area contributed by atoms with Crippen molar-refractivity contribution in [1.82, 2.24) is 10.2 Å². The lowest BCUT2D eigenvalue weighted by molar-refractivity contribution is 0.601. The summed E-state index contributed by atoms with van der Waals surface area (Å²) in [7, 11) is 0. The fraction of sp³-hybridized carbons (Fsp3) is 0.300. The van der Waals surface area contributed by atoms with Gasteiger partial charge in [-0.2, -0.15) is 5.10 Å². The number of rotatable bonds is 1. The van der Waals surface area contributed by atoms with Crippen LogP contribution in [0.2, 0.25) is 5.02 Å². The Bertz CT molecular complexity index is 522. The van der Waals surface area contributed by atoms with Gasteiger partial charge in [0.15, 0.2) is 0 Å². The van der Waals surface area contributed by atoms with E-state index in [1.165, 1.54) is 0 Å². The standard InChI is InChI=1S/C10H9BrClFN2/c1-4(2)6-9(13)8(12)7(11)5-3-14-15-10(5)6/h3-4H,1-2H3,(H,14,15). The van der Waals surface area contributed by atoms with Crippen molar-refractivity contribution in [2.24, 2.45) is 0 Å². The Labute approximate surface area is 99.9 Å². The SMILES string of the molecule is CC(C)c1c(F)c(Cl)c(Br)c2cn[nH]c12. The van der Waals surface area contributed by atoms with Crippen LogP contribution in [0.15, 0.2) is 10.7 Å². The number of aromatic amines is 1. The molecule has 0 radical (unpaired) electrons. The van der Waals surface area contributed by atoms with Gasteiger partial charge in [0.05, 0.1) is 21.2 Å². The van der Waals surface area contributed by atoms with Gasteiger partial charge in [-0.3, -0.25) is 5.10 Å². The molecule has 0 spiro atoms. The number of nitrogens with zero attached hydrogens (tertiary/aromatic N) is 1. The van der Waals surface area contributed by atoms with E-state index in [0.29, 0.717) is 15.6 Å². The molecule has 0 saturated heterocycles. The maximum Gasteiger partial charge on any atom is 0.148 e. The second-order valence-electron chi connectivity index (χ2n) is 3.67. The Morgan fingerprint density at radius 3 is 2.80 bits per heavy atom. The molecule has 5 heteroatoms. The lowest BCUT2D eigenvalue weighted by atomic mass is 10.00. The summed E-state index contributed by atoms with van der Waals surface area (Å²) in [5.41, 5.74) is 1.29. The molecule has 0 aliphatic carbocycles. The molecule has 1 heterocycles. The smallest absolute Gasteiger partial charge is 0.148 e. The van der Waals surface area contributed by atoms with Gasteiger partial charge in [-0.15, -0.1) is 0 Å². The first-order chi connectivity index (χ1) is 7.04. The van der Waals surface area contributed by atoms with Crippen molar-refractivity contribution >= 4 is 38.4 Å². The predicted octanol–water partition coefficient (Wildman–Crippen LogP) is 4.24. The molecule has 2 nitrogen and oxygen atoms in total. The molecule has 1 aromatic heterocycles. The Kier molecular flexibility index (Phi) is 2.73. The fourth-order valence-electron chi connectivity index (χ4n) is 1.64. The van der Waals surface area contributed by atoms with E-state index in [4.69, 9.17) is 11.6 Å². The highest BCUT2D eigenvalue weighted by Gasteiger charge is 2.20. The third-order valence-corrected chi connectivity index (χ3v) is 3.75. The first kappa shape index (κ1) is 10.9. The number of hydrogen-bond donors (Lipinski definition) is 1. The number of halogens is 3. The van der Waals surface area contributed by atoms with Crippen molar-refractivity contribution in [2.45, 2.75) is 19.8 Å². The highest BCUT2D eigenvalue weighted by atomic mass is 79.9. The molecule has 2 aromatic rings. The third-order valence-electron chi connectivity index (χ3n) is 2.34. The zero-order valence-corrected chi connectivity index (χ0v) is 10.6. The maximum absolute atomic E-state index is 13.9. The minimum absolute atomic E-state index is 0.0542. The monoisotopic (exact) mass is 290 g/mol. The molecule has 15 heavy (non-hydrogen) atoms. The quantitative estimate of drug-likeness (QED) is 0.782. The average Bonchev–Trinajstić information content (AvgIpc) is 2.62. The molecule has 0 aliphatic heterocycles. The van der Waals surface area contributed by atoms with Crippen LogP contribution in [-0.4, -0.2) is 10.2 Å². The van der Waals surface area contributed by atoms with Crippen LogP contribution < -0.4 is 0 Å². The maximum atomic E-state index is 13.9. The molecule has 0 aliphatic rings. The van der Waals surface area contributed by atoms with Gasteiger partial charge in [0.2, 0.25) is 0 Å². The third kappa shape index (κ3) is 1.56. The second-order valence-corrected chi connectivity index (χ2v) is 4.84. The van der Waals surface area contributed by atoms with Gasteiger partial charge in [-0.25, -0.2) is 4.39 Å². The molecule has 0 atom stereocenters. The van der Waals surface area contributed by atoms with Crippen molar-refractivity contribution in [1.29, 1.82) is 0 Å². The van der Waals surface area contributed by atoms with E-state index in [9.17, 15) is 4.39 Å². The average molecular weight is 292 g/mol. The van der Waals surface area contributed by atoms with Gasteiger partial charge >= 0.3 is 0 Å². The minimum Gasteiger partial charge on any atom is -0.277 e. The van der Waals surface area contributed by atoms with E-state index < -0.39 is 0 Å². The van der Waals surface area contributed by atoms with Crippen molar-refractivity contribution < 1.29 is 4.39 Å². The van der Waals surface area contributed by atoms with Crippen LogP contribution in [-0.2, 0) is 0 Å². The number of hydrogen-bond acceptors (Lipinski definition) is 1. The van der Waals surface area contributed by atoms with Crippen LogP contribution in [0, 0.1) is 5.82 Å². The fourth-order valence-corrected chi connectivity index (χ4v) is 2.32. The van der Waals surface area contributed by atoms with Gasteiger partial charge in [0.25, 0.3) is 0 Å². The van der Waals surface area contributed by atoms with Gasteiger partial charge in [-0.1, -0.05) is 25.4 Å². The van der Waals surface area contributed by atoms with Crippen molar-refractivity contribution in [3.63, 3.8) is 0 Å². The molecular weight excluding hydrogens is 282 g/mol. The summed E-state index contributed by atoms with van der Waals surface area (Å²) in [5.74, 6) is -0.325. The number of fused-ring (bicyclic) bond motifs is 1. The molecule has 80 valence electrons. The highest BCUT2D eigenvalue weighted by molar-refractivity contribution is 9.10. The number of benzene rings is 1. The Balaban J connectivity index is 2.94. The van der Waals surface area contributed by atoms with Crippen LogP contribution in [0.4, 0.5) is 4.39 Å². The van der Waals surface area contributed by atoms with Gasteiger partial charge < -0.3 is 0 Å². The lowest BCUT2D eigenvalue weighted by Gasteiger charge is -2.11. The van der Waals surface area contributed by atoms with E-state index in [0.717, 1.165) is 5.39 Å². The van der Waals surface area contributed by atoms with E-state index in [1.807, 2.05) is 13.8 Å². The highest BCUT2D eigenvalue weighted by Crippen LogP contribution is 2.38. The molecule has 0 amide bonds. The van der Waals surface area contributed by atoms with Gasteiger partial charge in [0, 0.05) is 10.9 Å². The number of H-pyrrole nitrogens is 1. The molecule has 1 N–H and O–H groups in total. The molecule has 0 saturated carbocycles. The topological polar surface area (TPSA) is 28.7 Å². The predicted molar refractivity (Wildman–Crippen MR) is 62.9 cm³/mol. The Morgan fingerprint density at radius 2 is 2.20 bits per heavy atom.